The van der Waals surface area contributed by atoms with Crippen molar-refractivity contribution in [3.63, 3.8) is 0 Å². The number of aromatic nitrogens is 2. The molecule has 0 aliphatic rings. The van der Waals surface area contributed by atoms with E-state index in [0.29, 0.717) is 16.7 Å². The molecule has 3 aromatic carbocycles. The fourth-order valence-corrected chi connectivity index (χ4v) is 3.26. The van der Waals surface area contributed by atoms with Gasteiger partial charge in [-0.1, -0.05) is 36.4 Å². The maximum absolute atomic E-state index is 13.0. The fourth-order valence-electron chi connectivity index (χ4n) is 3.26. The summed E-state index contributed by atoms with van der Waals surface area (Å²) in [5.74, 6) is -1.45. The smallest absolute Gasteiger partial charge is 0.341 e. The van der Waals surface area contributed by atoms with Crippen molar-refractivity contribution in [2.75, 3.05) is 0 Å². The molecule has 154 valence electrons. The number of rotatable bonds is 4. The second-order valence-electron chi connectivity index (χ2n) is 6.87. The summed E-state index contributed by atoms with van der Waals surface area (Å²) in [5.41, 5.74) is 2.56. The van der Waals surface area contributed by atoms with Gasteiger partial charge in [-0.15, -0.1) is 0 Å². The summed E-state index contributed by atoms with van der Waals surface area (Å²) in [6.07, 6.45) is -4.58. The molecule has 5 nitrogen and oxygen atoms in total. The molecule has 0 fully saturated rings. The lowest BCUT2D eigenvalue weighted by molar-refractivity contribution is -0.144. The van der Waals surface area contributed by atoms with Gasteiger partial charge < -0.3 is 10.3 Å². The fraction of sp³-hybridized carbons (Fsp3) is 0.0870. The second kappa shape index (κ2) is 7.95. The molecule has 1 heterocycles. The van der Waals surface area contributed by atoms with Crippen LogP contribution in [0.25, 0.3) is 11.0 Å². The Kier molecular flexibility index (Phi) is 5.17. The summed E-state index contributed by atoms with van der Waals surface area (Å²) in [4.78, 5) is 18.7. The number of nitriles is 1. The maximum Gasteiger partial charge on any atom is 0.449 e. The number of alkyl halides is 3. The predicted octanol–water partition coefficient (Wildman–Crippen LogP) is 4.97. The monoisotopic (exact) mass is 420 g/mol. The van der Waals surface area contributed by atoms with Gasteiger partial charge in [0.15, 0.2) is 0 Å². The number of hydrogen-bond acceptors (Lipinski definition) is 3. The molecule has 31 heavy (non-hydrogen) atoms. The Morgan fingerprint density at radius 2 is 1.71 bits per heavy atom. The summed E-state index contributed by atoms with van der Waals surface area (Å²) in [5, 5.41) is 11.8. The molecule has 8 heteroatoms. The zero-order valence-electron chi connectivity index (χ0n) is 15.9. The molecule has 0 saturated carbocycles. The number of nitrogens with zero attached hydrogens (tertiary/aromatic N) is 2. The Labute approximate surface area is 175 Å². The zero-order chi connectivity index (χ0) is 22.0. The number of aromatic amines is 1. The standard InChI is InChI=1S/C23H15F3N4O/c24-23(25,26)22-28-18-11-10-17(12-19(18)29-22)20(15-4-2-1-3-5-15)30-21(31)16-8-6-14(13-27)7-9-16/h1-12,20H,(H,28,29)(H,30,31). The van der Waals surface area contributed by atoms with Crippen LogP contribution in [0.2, 0.25) is 0 Å². The molecular weight excluding hydrogens is 405 g/mol. The quantitative estimate of drug-likeness (QED) is 0.489. The van der Waals surface area contributed by atoms with Gasteiger partial charge in [0.1, 0.15) is 0 Å². The van der Waals surface area contributed by atoms with Crippen LogP contribution in [0.1, 0.15) is 38.9 Å². The van der Waals surface area contributed by atoms with E-state index in [1.807, 2.05) is 36.4 Å². The van der Waals surface area contributed by atoms with Gasteiger partial charge in [0.25, 0.3) is 5.91 Å². The minimum atomic E-state index is -4.58. The first-order valence-electron chi connectivity index (χ1n) is 9.28. The van der Waals surface area contributed by atoms with Crippen LogP contribution in [-0.4, -0.2) is 15.9 Å². The van der Waals surface area contributed by atoms with Gasteiger partial charge in [-0.25, -0.2) is 4.98 Å². The van der Waals surface area contributed by atoms with Gasteiger partial charge >= 0.3 is 6.18 Å². The first-order valence-corrected chi connectivity index (χ1v) is 9.28. The Hall–Kier alpha value is -4.12. The summed E-state index contributed by atoms with van der Waals surface area (Å²) >= 11 is 0. The Balaban J connectivity index is 1.71. The molecule has 1 atom stereocenters. The molecule has 1 aromatic heterocycles. The minimum Gasteiger partial charge on any atom is -0.341 e. The number of imidazole rings is 1. The highest BCUT2D eigenvalue weighted by Crippen LogP contribution is 2.30. The number of nitrogens with one attached hydrogen (secondary N) is 2. The molecule has 4 rings (SSSR count). The summed E-state index contributed by atoms with van der Waals surface area (Å²) < 4.78 is 39.0. The summed E-state index contributed by atoms with van der Waals surface area (Å²) in [6.45, 7) is 0. The van der Waals surface area contributed by atoms with E-state index in [2.05, 4.69) is 15.3 Å². The molecular formula is C23H15F3N4O. The number of fused-ring (bicyclic) bond motifs is 1. The third kappa shape index (κ3) is 4.26. The molecule has 0 radical (unpaired) electrons. The third-order valence-electron chi connectivity index (χ3n) is 4.79. The van der Waals surface area contributed by atoms with E-state index in [-0.39, 0.29) is 16.9 Å². The van der Waals surface area contributed by atoms with Crippen LogP contribution >= 0.6 is 0 Å². The van der Waals surface area contributed by atoms with Crippen molar-refractivity contribution in [2.45, 2.75) is 12.2 Å². The number of halogens is 3. The minimum absolute atomic E-state index is 0.182. The van der Waals surface area contributed by atoms with Gasteiger partial charge in [-0.05, 0) is 47.5 Å². The average molecular weight is 420 g/mol. The van der Waals surface area contributed by atoms with E-state index in [4.69, 9.17) is 5.26 Å². The van der Waals surface area contributed by atoms with Crippen molar-refractivity contribution in [1.29, 1.82) is 5.26 Å². The van der Waals surface area contributed by atoms with E-state index in [0.717, 1.165) is 5.56 Å². The summed E-state index contributed by atoms with van der Waals surface area (Å²) in [6, 6.07) is 21.3. The lowest BCUT2D eigenvalue weighted by Gasteiger charge is -2.20. The predicted molar refractivity (Wildman–Crippen MR) is 108 cm³/mol. The largest absolute Gasteiger partial charge is 0.449 e. The first kappa shape index (κ1) is 20.2. The number of carbonyl (C=O) groups excluding carboxylic acids is 1. The van der Waals surface area contributed by atoms with Crippen LogP contribution in [0.4, 0.5) is 13.2 Å². The molecule has 0 bridgehead atoms. The van der Waals surface area contributed by atoms with Crippen LogP contribution in [0.3, 0.4) is 0 Å². The van der Waals surface area contributed by atoms with Gasteiger partial charge in [0.05, 0.1) is 28.7 Å². The van der Waals surface area contributed by atoms with Crippen LogP contribution in [0.5, 0.6) is 0 Å². The zero-order valence-corrected chi connectivity index (χ0v) is 15.9. The lowest BCUT2D eigenvalue weighted by Crippen LogP contribution is -2.29. The van der Waals surface area contributed by atoms with E-state index in [9.17, 15) is 18.0 Å². The van der Waals surface area contributed by atoms with Gasteiger partial charge in [-0.2, -0.15) is 18.4 Å². The number of hydrogen-bond donors (Lipinski definition) is 2. The first-order chi connectivity index (χ1) is 14.8. The molecule has 2 N–H and O–H groups in total. The van der Waals surface area contributed by atoms with Crippen LogP contribution in [-0.2, 0) is 6.18 Å². The van der Waals surface area contributed by atoms with E-state index < -0.39 is 18.0 Å². The molecule has 0 aliphatic carbocycles. The van der Waals surface area contributed by atoms with E-state index >= 15 is 0 Å². The Bertz CT molecular complexity index is 1270. The number of H-pyrrole nitrogens is 1. The third-order valence-corrected chi connectivity index (χ3v) is 4.79. The second-order valence-corrected chi connectivity index (χ2v) is 6.87. The number of carbonyl (C=O) groups is 1. The normalized spacial score (nSPS) is 12.3. The Morgan fingerprint density at radius 1 is 1.00 bits per heavy atom. The molecule has 0 spiro atoms. The molecule has 1 amide bonds. The SMILES string of the molecule is N#Cc1ccc(C(=O)NC(c2ccccc2)c2ccc3nc(C(F)(F)F)[nH]c3c2)cc1. The van der Waals surface area contributed by atoms with Crippen molar-refractivity contribution < 1.29 is 18.0 Å². The van der Waals surface area contributed by atoms with Crippen molar-refractivity contribution in [1.82, 2.24) is 15.3 Å². The highest BCUT2D eigenvalue weighted by Gasteiger charge is 2.34. The van der Waals surface area contributed by atoms with Gasteiger partial charge in [0.2, 0.25) is 5.82 Å². The van der Waals surface area contributed by atoms with Crippen molar-refractivity contribution in [3.8, 4) is 6.07 Å². The van der Waals surface area contributed by atoms with E-state index in [1.54, 1.807) is 36.4 Å². The topological polar surface area (TPSA) is 81.6 Å². The highest BCUT2D eigenvalue weighted by molar-refractivity contribution is 5.95. The van der Waals surface area contributed by atoms with Crippen molar-refractivity contribution in [2.24, 2.45) is 0 Å². The van der Waals surface area contributed by atoms with Crippen LogP contribution in [0, 0.1) is 11.3 Å². The van der Waals surface area contributed by atoms with Crippen molar-refractivity contribution in [3.05, 3.63) is 101 Å². The lowest BCUT2D eigenvalue weighted by atomic mass is 9.97. The number of benzene rings is 3. The number of amides is 1. The molecule has 0 aliphatic heterocycles. The van der Waals surface area contributed by atoms with Gasteiger partial charge in [0, 0.05) is 5.56 Å². The Morgan fingerprint density at radius 3 is 2.35 bits per heavy atom. The molecule has 0 saturated heterocycles. The van der Waals surface area contributed by atoms with Gasteiger partial charge in [-0.3, -0.25) is 4.79 Å². The molecule has 1 unspecified atom stereocenters. The maximum atomic E-state index is 13.0. The molecule has 4 aromatic rings. The van der Waals surface area contributed by atoms with Crippen LogP contribution in [0.15, 0.2) is 72.8 Å². The van der Waals surface area contributed by atoms with Crippen LogP contribution < -0.4 is 5.32 Å². The van der Waals surface area contributed by atoms with E-state index in [1.165, 1.54) is 6.07 Å². The highest BCUT2D eigenvalue weighted by atomic mass is 19.4. The summed E-state index contributed by atoms with van der Waals surface area (Å²) in [7, 11) is 0. The average Bonchev–Trinajstić information content (AvgIpc) is 3.22. The van der Waals surface area contributed by atoms with Crippen molar-refractivity contribution >= 4 is 16.9 Å².